The van der Waals surface area contributed by atoms with Gasteiger partial charge in [-0.3, -0.25) is 32.5 Å². The Labute approximate surface area is 776 Å². The number of carbonyl (C=O) groups is 3. The lowest BCUT2D eigenvalue weighted by atomic mass is 10.0. The third-order valence-electron chi connectivity index (χ3n) is 21.6. The lowest BCUT2D eigenvalue weighted by Gasteiger charge is -2.21. The fourth-order valence-electron chi connectivity index (χ4n) is 14.0. The van der Waals surface area contributed by atoms with Crippen molar-refractivity contribution in [2.75, 3.05) is 39.6 Å². The minimum absolute atomic E-state index is 0.0972. The number of allylic oxidation sites excluding steroid dienone is 30. The molecule has 0 rings (SSSR count). The molecule has 0 fully saturated rings. The van der Waals surface area contributed by atoms with Crippen LogP contribution in [-0.4, -0.2) is 95.9 Å². The Bertz CT molecular complexity index is 3040. The van der Waals surface area contributed by atoms with Crippen molar-refractivity contribution >= 4 is 33.6 Å². The number of esters is 3. The topological polar surface area (TPSA) is 231 Å². The second-order valence-corrected chi connectivity index (χ2v) is 36.8. The molecule has 728 valence electrons. The van der Waals surface area contributed by atoms with Crippen LogP contribution >= 0.6 is 15.6 Å². The maximum absolute atomic E-state index is 13.1. The molecular formula is C109H186O16P2. The van der Waals surface area contributed by atoms with Gasteiger partial charge in [0.2, 0.25) is 0 Å². The number of rotatable bonds is 96. The van der Waals surface area contributed by atoms with Crippen LogP contribution in [0.3, 0.4) is 0 Å². The van der Waals surface area contributed by atoms with Gasteiger partial charge in [0.25, 0.3) is 0 Å². The third kappa shape index (κ3) is 101. The molecule has 0 aliphatic carbocycles. The zero-order valence-electron chi connectivity index (χ0n) is 80.6. The van der Waals surface area contributed by atoms with E-state index < -0.39 is 91.5 Å². The summed E-state index contributed by atoms with van der Waals surface area (Å²) in [5, 5.41) is 20.8. The van der Waals surface area contributed by atoms with Crippen LogP contribution in [0.5, 0.6) is 0 Å². The maximum atomic E-state index is 13.1. The number of unbranched alkanes of at least 4 members (excludes halogenated alkanes) is 43. The van der Waals surface area contributed by atoms with Crippen LogP contribution in [-0.2, 0) is 55.8 Å². The smallest absolute Gasteiger partial charge is 0.463 e. The highest BCUT2D eigenvalue weighted by molar-refractivity contribution is 7.47. The minimum atomic E-state index is -4.95. The number of phosphoric ester groups is 2. The van der Waals surface area contributed by atoms with E-state index >= 15 is 0 Å². The quantitative estimate of drug-likeness (QED) is 0.0146. The Morgan fingerprint density at radius 1 is 0.220 bits per heavy atom. The lowest BCUT2D eigenvalue weighted by molar-refractivity contribution is -0.161. The van der Waals surface area contributed by atoms with Crippen LogP contribution < -0.4 is 0 Å². The SMILES string of the molecule is CC/C=C\C/C=C\C/C=C\C/C=C\C/C=C\CCCCCCCCCCCCCCCCCCCC(=O)OCC(O)COP(=O)(O)OCC(O)COP(=O)(O)OCC(COC(=O)CCCCCCCCCCCCCCCCC/C=C\C/C=C\C/C=C\C/C=C\C/C=C\CC)OC(=O)CCCCCCCCCCCCC/C=C\C/C=C\C/C=C\C/C=C\C/C=C\CC. The number of aliphatic hydroxyl groups is 2. The van der Waals surface area contributed by atoms with Crippen LogP contribution in [0.15, 0.2) is 182 Å². The summed E-state index contributed by atoms with van der Waals surface area (Å²) in [5.74, 6) is -1.56. The molecule has 0 aromatic carbocycles. The van der Waals surface area contributed by atoms with E-state index in [2.05, 4.69) is 203 Å². The molecule has 0 amide bonds. The van der Waals surface area contributed by atoms with E-state index in [0.29, 0.717) is 19.3 Å². The zero-order valence-corrected chi connectivity index (χ0v) is 82.4. The fourth-order valence-corrected chi connectivity index (χ4v) is 15.6. The van der Waals surface area contributed by atoms with Crippen molar-refractivity contribution in [3.05, 3.63) is 182 Å². The average Bonchev–Trinajstić information content (AvgIpc) is 0.899. The predicted octanol–water partition coefficient (Wildman–Crippen LogP) is 32.3. The van der Waals surface area contributed by atoms with Crippen molar-refractivity contribution in [2.45, 2.75) is 450 Å². The largest absolute Gasteiger partial charge is 0.472 e. The van der Waals surface area contributed by atoms with Gasteiger partial charge in [-0.2, -0.15) is 0 Å². The van der Waals surface area contributed by atoms with Crippen LogP contribution in [0, 0.1) is 0 Å². The summed E-state index contributed by atoms with van der Waals surface area (Å²) in [6, 6.07) is 0. The first kappa shape index (κ1) is 122. The van der Waals surface area contributed by atoms with Gasteiger partial charge in [0.1, 0.15) is 25.4 Å². The Morgan fingerprint density at radius 3 is 0.622 bits per heavy atom. The number of aliphatic hydroxyl groups excluding tert-OH is 2. The molecule has 5 unspecified atom stereocenters. The van der Waals surface area contributed by atoms with Gasteiger partial charge in [0.15, 0.2) is 6.10 Å². The molecule has 16 nitrogen and oxygen atoms in total. The molecule has 0 aliphatic heterocycles. The summed E-state index contributed by atoms with van der Waals surface area (Å²) in [5.41, 5.74) is 0. The third-order valence-corrected chi connectivity index (χ3v) is 23.5. The molecule has 0 aromatic rings. The molecule has 0 aliphatic rings. The van der Waals surface area contributed by atoms with Gasteiger partial charge in [0, 0.05) is 19.3 Å². The molecule has 18 heteroatoms. The van der Waals surface area contributed by atoms with Gasteiger partial charge >= 0.3 is 33.6 Å². The molecule has 0 heterocycles. The number of hydrogen-bond donors (Lipinski definition) is 4. The molecule has 0 spiro atoms. The van der Waals surface area contributed by atoms with Crippen LogP contribution in [0.4, 0.5) is 0 Å². The number of carbonyl (C=O) groups excluding carboxylic acids is 3. The number of phosphoric acid groups is 2. The molecule has 0 radical (unpaired) electrons. The van der Waals surface area contributed by atoms with Crippen molar-refractivity contribution in [3.63, 3.8) is 0 Å². The molecule has 127 heavy (non-hydrogen) atoms. The Kier molecular flexibility index (Phi) is 95.5. The van der Waals surface area contributed by atoms with E-state index in [1.165, 1.54) is 205 Å². The van der Waals surface area contributed by atoms with E-state index in [9.17, 15) is 43.5 Å². The van der Waals surface area contributed by atoms with Crippen LogP contribution in [0.25, 0.3) is 0 Å². The first-order valence-corrected chi connectivity index (χ1v) is 54.1. The summed E-state index contributed by atoms with van der Waals surface area (Å²) in [4.78, 5) is 59.2. The van der Waals surface area contributed by atoms with Crippen molar-refractivity contribution in [1.29, 1.82) is 0 Å². The number of ether oxygens (including phenoxy) is 3. The maximum Gasteiger partial charge on any atom is 0.472 e. The highest BCUT2D eigenvalue weighted by Crippen LogP contribution is 2.45. The summed E-state index contributed by atoms with van der Waals surface area (Å²) in [6.07, 6.45) is 132. The first-order chi connectivity index (χ1) is 62.2. The summed E-state index contributed by atoms with van der Waals surface area (Å²) < 4.78 is 61.7. The van der Waals surface area contributed by atoms with Crippen LogP contribution in [0.2, 0.25) is 0 Å². The van der Waals surface area contributed by atoms with E-state index in [-0.39, 0.29) is 19.3 Å². The fraction of sp³-hybridized carbons (Fsp3) is 0.697. The minimum Gasteiger partial charge on any atom is -0.463 e. The monoisotopic (exact) mass is 1810 g/mol. The molecule has 4 N–H and O–H groups in total. The van der Waals surface area contributed by atoms with E-state index in [1.807, 2.05) is 0 Å². The van der Waals surface area contributed by atoms with Gasteiger partial charge in [-0.15, -0.1) is 0 Å². The summed E-state index contributed by atoms with van der Waals surface area (Å²) in [6.45, 7) is 2.41. The van der Waals surface area contributed by atoms with E-state index in [4.69, 9.17) is 32.3 Å². The van der Waals surface area contributed by atoms with E-state index in [1.54, 1.807) is 0 Å². The van der Waals surface area contributed by atoms with Crippen molar-refractivity contribution in [1.82, 2.24) is 0 Å². The average molecular weight is 1810 g/mol. The normalized spacial score (nSPS) is 14.4. The molecule has 5 atom stereocenters. The Balaban J connectivity index is 4.60. The van der Waals surface area contributed by atoms with Crippen LogP contribution in [0.1, 0.15) is 432 Å². The summed E-state index contributed by atoms with van der Waals surface area (Å²) >= 11 is 0. The summed E-state index contributed by atoms with van der Waals surface area (Å²) in [7, 11) is -9.82. The standard InChI is InChI=1S/C109H186O16P2/c1-4-7-10-13-16-19-22-25-28-31-34-37-40-43-46-48-50-51-53-55-57-59-62-65-68-71-74-77-80-83-86-89-92-95-107(112)119-98-104(110)99-121-126(115,116)122-100-105(111)101-123-127(117,118)124-103-106(125-109(114)97-94-91-88-85-82-79-76-73-70-67-64-61-56-45-42-39-36-33-30-27-24-21-18-15-12-9-6-3)102-120-108(113)96-93-90-87-84-81-78-75-72-69-66-63-60-58-54-52-49-47-44-41-38-35-32-29-26-23-20-17-14-11-8-5-2/h7-12,16-21,25-30,34-39,43-47,56,104-106,110-111H,4-6,13-15,22-24,31-33,40-42,48-55,57-103H2,1-3H3,(H,115,116)(H,117,118)/b10-7-,11-8-,12-9-,19-16-,20-17-,21-18-,28-25-,29-26-,30-27-,37-34-,38-35-,39-36-,46-43-,47-44-,56-45-. The molecule has 0 saturated heterocycles. The van der Waals surface area contributed by atoms with Gasteiger partial charge in [0.05, 0.1) is 26.4 Å². The van der Waals surface area contributed by atoms with Gasteiger partial charge in [-0.1, -0.05) is 441 Å². The highest BCUT2D eigenvalue weighted by Gasteiger charge is 2.30. The Hall–Kier alpha value is -5.35. The van der Waals surface area contributed by atoms with Crippen molar-refractivity contribution < 1.29 is 75.8 Å². The van der Waals surface area contributed by atoms with Crippen molar-refractivity contribution in [3.8, 4) is 0 Å². The van der Waals surface area contributed by atoms with Crippen molar-refractivity contribution in [2.24, 2.45) is 0 Å². The molecule has 0 saturated carbocycles. The molecule has 0 aromatic heterocycles. The molecular weight excluding hydrogens is 1630 g/mol. The Morgan fingerprint density at radius 2 is 0.394 bits per heavy atom. The zero-order chi connectivity index (χ0) is 92.1. The predicted molar refractivity (Wildman–Crippen MR) is 537 cm³/mol. The molecule has 0 bridgehead atoms. The first-order valence-electron chi connectivity index (χ1n) is 51.1. The van der Waals surface area contributed by atoms with E-state index in [0.717, 1.165) is 167 Å². The lowest BCUT2D eigenvalue weighted by Crippen LogP contribution is -2.30. The van der Waals surface area contributed by atoms with Gasteiger partial charge in [-0.25, -0.2) is 9.13 Å². The van der Waals surface area contributed by atoms with Gasteiger partial charge < -0.3 is 34.2 Å². The second kappa shape index (κ2) is 99.7. The van der Waals surface area contributed by atoms with Gasteiger partial charge in [-0.05, 0) is 154 Å². The number of hydrogen-bond acceptors (Lipinski definition) is 14. The highest BCUT2D eigenvalue weighted by atomic mass is 31.2. The second-order valence-electron chi connectivity index (χ2n) is 33.8.